The van der Waals surface area contributed by atoms with E-state index in [0.29, 0.717) is 36.1 Å². The Balaban J connectivity index is 1.65. The van der Waals surface area contributed by atoms with Gasteiger partial charge in [0.1, 0.15) is 5.76 Å². The van der Waals surface area contributed by atoms with Crippen molar-refractivity contribution in [2.75, 3.05) is 37.4 Å². The van der Waals surface area contributed by atoms with Gasteiger partial charge in [-0.3, -0.25) is 4.79 Å². The van der Waals surface area contributed by atoms with Crippen molar-refractivity contribution in [3.05, 3.63) is 60.0 Å². The van der Waals surface area contributed by atoms with Gasteiger partial charge in [-0.05, 0) is 50.1 Å². The Kier molecular flexibility index (Phi) is 6.53. The number of benzene rings is 2. The number of anilines is 2. The van der Waals surface area contributed by atoms with E-state index >= 15 is 0 Å². The van der Waals surface area contributed by atoms with Crippen molar-refractivity contribution < 1.29 is 17.6 Å². The summed E-state index contributed by atoms with van der Waals surface area (Å²) >= 11 is 0. The van der Waals surface area contributed by atoms with Gasteiger partial charge in [-0.25, -0.2) is 13.4 Å². The number of aromatic nitrogens is 1. The average Bonchev–Trinajstić information content (AvgIpc) is 3.22. The second-order valence-electron chi connectivity index (χ2n) is 8.28. The Morgan fingerprint density at radius 2 is 1.76 bits per heavy atom. The summed E-state index contributed by atoms with van der Waals surface area (Å²) in [6.45, 7) is 2.71. The first-order valence-electron chi connectivity index (χ1n) is 10.9. The molecule has 0 saturated carbocycles. The lowest BCUT2D eigenvalue weighted by Gasteiger charge is -2.26. The number of carbonyl (C=O) groups excluding carboxylic acids is 1. The number of rotatable bonds is 6. The third-order valence-corrected chi connectivity index (χ3v) is 7.58. The molecular weight excluding hydrogens is 440 g/mol. The highest BCUT2D eigenvalue weighted by atomic mass is 32.2. The highest BCUT2D eigenvalue weighted by Gasteiger charge is 2.27. The van der Waals surface area contributed by atoms with Gasteiger partial charge in [0.05, 0.1) is 16.3 Å². The maximum absolute atomic E-state index is 13.2. The number of hydrogen-bond acceptors (Lipinski definition) is 6. The molecule has 1 saturated heterocycles. The van der Waals surface area contributed by atoms with Crippen LogP contribution in [0.2, 0.25) is 0 Å². The van der Waals surface area contributed by atoms with E-state index in [9.17, 15) is 13.2 Å². The molecule has 0 radical (unpaired) electrons. The van der Waals surface area contributed by atoms with Crippen LogP contribution in [-0.2, 0) is 10.0 Å². The fourth-order valence-corrected chi connectivity index (χ4v) is 5.46. The van der Waals surface area contributed by atoms with E-state index < -0.39 is 15.9 Å². The zero-order valence-electron chi connectivity index (χ0n) is 19.0. The Labute approximate surface area is 194 Å². The third kappa shape index (κ3) is 4.79. The molecule has 4 rings (SSSR count). The highest BCUT2D eigenvalue weighted by Crippen LogP contribution is 2.31. The molecule has 1 aliphatic rings. The molecule has 0 unspecified atom stereocenters. The summed E-state index contributed by atoms with van der Waals surface area (Å²) in [6.07, 6.45) is 2.75. The molecule has 0 bridgehead atoms. The van der Waals surface area contributed by atoms with Crippen LogP contribution < -0.4 is 10.2 Å². The van der Waals surface area contributed by atoms with E-state index in [-0.39, 0.29) is 10.6 Å². The van der Waals surface area contributed by atoms with Crippen LogP contribution in [0.5, 0.6) is 0 Å². The topological polar surface area (TPSA) is 95.8 Å². The molecule has 0 aliphatic carbocycles. The number of oxazole rings is 1. The Morgan fingerprint density at radius 3 is 2.42 bits per heavy atom. The lowest BCUT2D eigenvalue weighted by atomic mass is 10.2. The van der Waals surface area contributed by atoms with Gasteiger partial charge in [0.2, 0.25) is 15.9 Å². The zero-order valence-corrected chi connectivity index (χ0v) is 19.9. The van der Waals surface area contributed by atoms with Crippen molar-refractivity contribution in [1.29, 1.82) is 0 Å². The van der Waals surface area contributed by atoms with Gasteiger partial charge >= 0.3 is 0 Å². The smallest absolute Gasteiger partial charge is 0.277 e. The number of hydrogen-bond donors (Lipinski definition) is 1. The minimum atomic E-state index is -3.64. The molecule has 1 fully saturated rings. The molecule has 2 heterocycles. The van der Waals surface area contributed by atoms with Gasteiger partial charge in [-0.1, -0.05) is 24.6 Å². The van der Waals surface area contributed by atoms with Crippen molar-refractivity contribution in [1.82, 2.24) is 9.29 Å². The van der Waals surface area contributed by atoms with Gasteiger partial charge in [0.25, 0.3) is 5.91 Å². The van der Waals surface area contributed by atoms with E-state index in [1.54, 1.807) is 19.1 Å². The third-order valence-electron chi connectivity index (χ3n) is 5.68. The summed E-state index contributed by atoms with van der Waals surface area (Å²) in [7, 11) is 0.0259. The molecule has 33 heavy (non-hydrogen) atoms. The largest absolute Gasteiger partial charge is 0.441 e. The maximum Gasteiger partial charge on any atom is 0.277 e. The fourth-order valence-electron chi connectivity index (χ4n) is 3.91. The summed E-state index contributed by atoms with van der Waals surface area (Å²) in [4.78, 5) is 19.5. The number of piperidine rings is 1. The minimum absolute atomic E-state index is 0.155. The van der Waals surface area contributed by atoms with Gasteiger partial charge < -0.3 is 14.6 Å². The van der Waals surface area contributed by atoms with E-state index in [2.05, 4.69) is 10.3 Å². The fraction of sp³-hybridized carbons (Fsp3) is 0.333. The van der Waals surface area contributed by atoms with Crippen LogP contribution >= 0.6 is 0 Å². The van der Waals surface area contributed by atoms with Crippen molar-refractivity contribution in [2.24, 2.45) is 0 Å². The maximum atomic E-state index is 13.2. The first-order valence-corrected chi connectivity index (χ1v) is 12.4. The summed E-state index contributed by atoms with van der Waals surface area (Å²) in [6, 6.07) is 14.1. The van der Waals surface area contributed by atoms with Crippen LogP contribution in [0.4, 0.5) is 11.4 Å². The van der Waals surface area contributed by atoms with Crippen LogP contribution in [0.1, 0.15) is 35.5 Å². The second kappa shape index (κ2) is 9.36. The van der Waals surface area contributed by atoms with Crippen LogP contribution in [0.15, 0.2) is 57.8 Å². The molecule has 8 nitrogen and oxygen atoms in total. The number of aryl methyl sites for hydroxylation is 1. The molecule has 2 aromatic carbocycles. The van der Waals surface area contributed by atoms with Crippen LogP contribution in [0.25, 0.3) is 11.5 Å². The molecule has 3 aromatic rings. The quantitative estimate of drug-likeness (QED) is 0.584. The molecule has 0 spiro atoms. The predicted molar refractivity (Wildman–Crippen MR) is 128 cm³/mol. The standard InChI is InChI=1S/C24H28N4O4S/c1-17-22(26-24(32-17)18-10-6-4-7-11-18)23(29)25-20-16-19(12-13-21(20)27(2)3)33(30,31)28-14-8-5-9-15-28/h4,6-7,10-13,16H,5,8-9,14-15H2,1-3H3,(H,25,29). The Hall–Kier alpha value is -3.17. The first kappa shape index (κ1) is 23.0. The lowest BCUT2D eigenvalue weighted by molar-refractivity contribution is 0.102. The molecule has 0 atom stereocenters. The van der Waals surface area contributed by atoms with Crippen molar-refractivity contribution in [3.63, 3.8) is 0 Å². The molecule has 174 valence electrons. The summed E-state index contributed by atoms with van der Waals surface area (Å²) in [5.74, 6) is 0.274. The predicted octanol–water partition coefficient (Wildman–Crippen LogP) is 4.14. The Bertz CT molecular complexity index is 1250. The van der Waals surface area contributed by atoms with Crippen LogP contribution in [-0.4, -0.2) is 50.8 Å². The lowest BCUT2D eigenvalue weighted by Crippen LogP contribution is -2.35. The van der Waals surface area contributed by atoms with Gasteiger partial charge in [0.15, 0.2) is 5.69 Å². The van der Waals surface area contributed by atoms with E-state index in [1.807, 2.05) is 49.3 Å². The Morgan fingerprint density at radius 1 is 1.06 bits per heavy atom. The summed E-state index contributed by atoms with van der Waals surface area (Å²) in [5.41, 5.74) is 2.00. The highest BCUT2D eigenvalue weighted by molar-refractivity contribution is 7.89. The van der Waals surface area contributed by atoms with E-state index in [1.165, 1.54) is 10.4 Å². The zero-order chi connectivity index (χ0) is 23.6. The van der Waals surface area contributed by atoms with Crippen LogP contribution in [0.3, 0.4) is 0 Å². The van der Waals surface area contributed by atoms with E-state index in [4.69, 9.17) is 4.42 Å². The molecular formula is C24H28N4O4S. The van der Waals surface area contributed by atoms with Crippen molar-refractivity contribution in [3.8, 4) is 11.5 Å². The molecule has 1 aromatic heterocycles. The van der Waals surface area contributed by atoms with Crippen molar-refractivity contribution >= 4 is 27.3 Å². The molecule has 9 heteroatoms. The number of sulfonamides is 1. The molecule has 1 amide bonds. The number of nitrogens with one attached hydrogen (secondary N) is 1. The number of nitrogens with zero attached hydrogens (tertiary/aromatic N) is 3. The normalized spacial score (nSPS) is 14.8. The van der Waals surface area contributed by atoms with Crippen molar-refractivity contribution in [2.45, 2.75) is 31.1 Å². The van der Waals surface area contributed by atoms with Crippen LogP contribution in [0, 0.1) is 6.92 Å². The number of amides is 1. The molecule has 1 aliphatic heterocycles. The monoisotopic (exact) mass is 468 g/mol. The summed E-state index contributed by atoms with van der Waals surface area (Å²) in [5, 5.41) is 2.84. The minimum Gasteiger partial charge on any atom is -0.441 e. The molecule has 1 N–H and O–H groups in total. The van der Waals surface area contributed by atoms with E-state index in [0.717, 1.165) is 24.8 Å². The second-order valence-corrected chi connectivity index (χ2v) is 10.2. The summed E-state index contributed by atoms with van der Waals surface area (Å²) < 4.78 is 33.6. The number of carbonyl (C=O) groups is 1. The van der Waals surface area contributed by atoms with Gasteiger partial charge in [0, 0.05) is 32.7 Å². The average molecular weight is 469 g/mol. The van der Waals surface area contributed by atoms with Gasteiger partial charge in [-0.2, -0.15) is 4.31 Å². The first-order chi connectivity index (χ1) is 15.8. The van der Waals surface area contributed by atoms with Gasteiger partial charge in [-0.15, -0.1) is 0 Å². The SMILES string of the molecule is Cc1oc(-c2ccccc2)nc1C(=O)Nc1cc(S(=O)(=O)N2CCCCC2)ccc1N(C)C.